The highest BCUT2D eigenvalue weighted by Crippen LogP contribution is 2.15. The van der Waals surface area contributed by atoms with E-state index in [0.29, 0.717) is 5.92 Å². The molecule has 3 heteroatoms. The molecule has 1 heterocycles. The van der Waals surface area contributed by atoms with Gasteiger partial charge in [0.1, 0.15) is 0 Å². The quantitative estimate of drug-likeness (QED) is 0.790. The summed E-state index contributed by atoms with van der Waals surface area (Å²) in [6.07, 6.45) is 3.60. The molecule has 1 fully saturated rings. The lowest BCUT2D eigenvalue weighted by Crippen LogP contribution is -2.46. The maximum Gasteiger partial charge on any atom is 0.246 e. The van der Waals surface area contributed by atoms with Gasteiger partial charge in [0.2, 0.25) is 5.91 Å². The van der Waals surface area contributed by atoms with Crippen LogP contribution in [0.2, 0.25) is 0 Å². The average Bonchev–Trinajstić information content (AvgIpc) is 2.46. The van der Waals surface area contributed by atoms with E-state index in [9.17, 15) is 4.79 Å². The van der Waals surface area contributed by atoms with Crippen molar-refractivity contribution in [1.82, 2.24) is 9.80 Å². The Hall–Kier alpha value is -1.61. The fourth-order valence-corrected chi connectivity index (χ4v) is 2.29. The molecule has 20 heavy (non-hydrogen) atoms. The van der Waals surface area contributed by atoms with Crippen LogP contribution in [0.15, 0.2) is 30.3 Å². The highest BCUT2D eigenvalue weighted by atomic mass is 16.2. The predicted octanol–water partition coefficient (Wildman–Crippen LogP) is 2.60. The van der Waals surface area contributed by atoms with Gasteiger partial charge in [0.15, 0.2) is 0 Å². The van der Waals surface area contributed by atoms with Crippen molar-refractivity contribution in [2.45, 2.75) is 19.8 Å². The Morgan fingerprint density at radius 1 is 1.10 bits per heavy atom. The monoisotopic (exact) mass is 272 g/mol. The largest absolute Gasteiger partial charge is 0.337 e. The summed E-state index contributed by atoms with van der Waals surface area (Å²) in [6.45, 7) is 7.94. The third-order valence-corrected chi connectivity index (χ3v) is 3.84. The normalized spacial score (nSPS) is 17.1. The van der Waals surface area contributed by atoms with E-state index >= 15 is 0 Å². The summed E-state index contributed by atoms with van der Waals surface area (Å²) in [5.74, 6) is 0.658. The van der Waals surface area contributed by atoms with Gasteiger partial charge in [0.25, 0.3) is 0 Å². The molecule has 2 rings (SSSR count). The van der Waals surface area contributed by atoms with Crippen LogP contribution in [0.1, 0.15) is 30.9 Å². The smallest absolute Gasteiger partial charge is 0.246 e. The molecule has 1 aliphatic heterocycles. The topological polar surface area (TPSA) is 23.6 Å². The molecule has 0 spiro atoms. The van der Waals surface area contributed by atoms with Crippen LogP contribution in [0.4, 0.5) is 0 Å². The van der Waals surface area contributed by atoms with Crippen molar-refractivity contribution in [2.24, 2.45) is 0 Å². The van der Waals surface area contributed by atoms with E-state index in [2.05, 4.69) is 50.1 Å². The Kier molecular flexibility index (Phi) is 4.96. The molecular formula is C17H24N2O. The fourth-order valence-electron chi connectivity index (χ4n) is 2.29. The molecule has 1 saturated heterocycles. The van der Waals surface area contributed by atoms with E-state index in [1.807, 2.05) is 11.0 Å². The maximum absolute atomic E-state index is 12.1. The maximum atomic E-state index is 12.1. The number of piperazine rings is 1. The number of likely N-dealkylation sites (N-methyl/N-ethyl adjacent to an activating group) is 1. The van der Waals surface area contributed by atoms with Gasteiger partial charge >= 0.3 is 0 Å². The third-order valence-electron chi connectivity index (χ3n) is 3.84. The minimum atomic E-state index is 0.117. The van der Waals surface area contributed by atoms with Gasteiger partial charge in [0.05, 0.1) is 0 Å². The first kappa shape index (κ1) is 14.8. The van der Waals surface area contributed by atoms with Gasteiger partial charge in [0, 0.05) is 32.3 Å². The Morgan fingerprint density at radius 3 is 2.25 bits per heavy atom. The molecular weight excluding hydrogens is 248 g/mol. The van der Waals surface area contributed by atoms with E-state index in [4.69, 9.17) is 0 Å². The highest BCUT2D eigenvalue weighted by molar-refractivity contribution is 5.91. The lowest BCUT2D eigenvalue weighted by Gasteiger charge is -2.31. The summed E-state index contributed by atoms with van der Waals surface area (Å²) < 4.78 is 0. The van der Waals surface area contributed by atoms with Gasteiger partial charge in [-0.05, 0) is 30.2 Å². The van der Waals surface area contributed by atoms with Crippen LogP contribution < -0.4 is 0 Å². The van der Waals surface area contributed by atoms with Gasteiger partial charge in [-0.2, -0.15) is 0 Å². The Morgan fingerprint density at radius 2 is 1.70 bits per heavy atom. The molecule has 0 aromatic heterocycles. The van der Waals surface area contributed by atoms with Gasteiger partial charge < -0.3 is 9.80 Å². The summed E-state index contributed by atoms with van der Waals surface area (Å²) in [5.41, 5.74) is 2.41. The molecule has 1 aromatic rings. The lowest BCUT2D eigenvalue weighted by atomic mass is 10.0. The third kappa shape index (κ3) is 3.94. The van der Waals surface area contributed by atoms with Crippen molar-refractivity contribution in [1.29, 1.82) is 0 Å². The summed E-state index contributed by atoms with van der Waals surface area (Å²) >= 11 is 0. The summed E-state index contributed by atoms with van der Waals surface area (Å²) in [6, 6.07) is 8.40. The van der Waals surface area contributed by atoms with Crippen molar-refractivity contribution < 1.29 is 4.79 Å². The molecule has 1 aliphatic rings. The zero-order valence-electron chi connectivity index (χ0n) is 12.7. The molecule has 0 saturated carbocycles. The van der Waals surface area contributed by atoms with Crippen LogP contribution in [0.5, 0.6) is 0 Å². The first-order valence-corrected chi connectivity index (χ1v) is 7.32. The molecule has 0 aliphatic carbocycles. The number of carbonyl (C=O) groups is 1. The molecule has 0 radical (unpaired) electrons. The average molecular weight is 272 g/mol. The van der Waals surface area contributed by atoms with Crippen molar-refractivity contribution in [3.8, 4) is 0 Å². The SMILES string of the molecule is CC(C)c1ccc(/C=C\C(=O)N2CCN(C)CC2)cc1. The zero-order chi connectivity index (χ0) is 14.5. The second kappa shape index (κ2) is 6.71. The molecule has 0 bridgehead atoms. The Balaban J connectivity index is 1.93. The molecule has 1 aromatic carbocycles. The summed E-state index contributed by atoms with van der Waals surface area (Å²) in [5, 5.41) is 0. The Bertz CT molecular complexity index is 468. The van der Waals surface area contributed by atoms with Crippen molar-refractivity contribution in [3.05, 3.63) is 41.5 Å². The molecule has 1 amide bonds. The summed E-state index contributed by atoms with van der Waals surface area (Å²) in [4.78, 5) is 16.2. The first-order chi connectivity index (χ1) is 9.56. The molecule has 108 valence electrons. The number of hydrogen-bond donors (Lipinski definition) is 0. The van der Waals surface area contributed by atoms with E-state index in [-0.39, 0.29) is 5.91 Å². The number of amides is 1. The number of nitrogens with zero attached hydrogens (tertiary/aromatic N) is 2. The van der Waals surface area contributed by atoms with Crippen LogP contribution in [-0.4, -0.2) is 48.9 Å². The first-order valence-electron chi connectivity index (χ1n) is 7.32. The second-order valence-corrected chi connectivity index (χ2v) is 5.78. The second-order valence-electron chi connectivity index (χ2n) is 5.78. The van der Waals surface area contributed by atoms with Crippen molar-refractivity contribution in [3.63, 3.8) is 0 Å². The van der Waals surface area contributed by atoms with E-state index in [0.717, 1.165) is 31.7 Å². The van der Waals surface area contributed by atoms with E-state index in [1.165, 1.54) is 5.56 Å². The molecule has 0 atom stereocenters. The predicted molar refractivity (Wildman–Crippen MR) is 83.6 cm³/mol. The number of benzene rings is 1. The number of carbonyl (C=O) groups excluding carboxylic acids is 1. The van der Waals surface area contributed by atoms with E-state index in [1.54, 1.807) is 6.08 Å². The van der Waals surface area contributed by atoms with Gasteiger partial charge in [-0.1, -0.05) is 38.1 Å². The lowest BCUT2D eigenvalue weighted by molar-refractivity contribution is -0.127. The van der Waals surface area contributed by atoms with Gasteiger partial charge in [-0.25, -0.2) is 0 Å². The van der Waals surface area contributed by atoms with Crippen LogP contribution in [0.3, 0.4) is 0 Å². The van der Waals surface area contributed by atoms with Crippen molar-refractivity contribution >= 4 is 12.0 Å². The number of hydrogen-bond acceptors (Lipinski definition) is 2. The molecule has 0 N–H and O–H groups in total. The molecule has 0 unspecified atom stereocenters. The highest BCUT2D eigenvalue weighted by Gasteiger charge is 2.16. The van der Waals surface area contributed by atoms with Crippen LogP contribution in [0, 0.1) is 0 Å². The number of rotatable bonds is 3. The van der Waals surface area contributed by atoms with Crippen molar-refractivity contribution in [2.75, 3.05) is 33.2 Å². The van der Waals surface area contributed by atoms with E-state index < -0.39 is 0 Å². The van der Waals surface area contributed by atoms with Crippen LogP contribution in [-0.2, 0) is 4.79 Å². The van der Waals surface area contributed by atoms with Gasteiger partial charge in [-0.15, -0.1) is 0 Å². The minimum Gasteiger partial charge on any atom is -0.337 e. The van der Waals surface area contributed by atoms with Gasteiger partial charge in [-0.3, -0.25) is 4.79 Å². The molecule has 3 nitrogen and oxygen atoms in total. The minimum absolute atomic E-state index is 0.117. The van der Waals surface area contributed by atoms with Crippen LogP contribution in [0.25, 0.3) is 6.08 Å². The summed E-state index contributed by atoms with van der Waals surface area (Å²) in [7, 11) is 2.09. The zero-order valence-corrected chi connectivity index (χ0v) is 12.7. The van der Waals surface area contributed by atoms with Crippen LogP contribution >= 0.6 is 0 Å². The Labute approximate surface area is 121 Å². The fraction of sp³-hybridized carbons (Fsp3) is 0.471. The standard InChI is InChI=1S/C17H24N2O/c1-14(2)16-7-4-15(5-8-16)6-9-17(20)19-12-10-18(3)11-13-19/h4-9,14H,10-13H2,1-3H3/b9-6-.